The molecule has 0 spiro atoms. The minimum Gasteiger partial charge on any atom is -0.325 e. The highest BCUT2D eigenvalue weighted by Crippen LogP contribution is 2.32. The van der Waals surface area contributed by atoms with E-state index >= 15 is 0 Å². The fourth-order valence-electron chi connectivity index (χ4n) is 3.69. The predicted octanol–water partition coefficient (Wildman–Crippen LogP) is 4.08. The number of likely N-dealkylation sites (tertiary alicyclic amines) is 1. The summed E-state index contributed by atoms with van der Waals surface area (Å²) in [6.07, 6.45) is 8.26. The lowest BCUT2D eigenvalue weighted by Gasteiger charge is -2.24. The molecule has 6 nitrogen and oxygen atoms in total. The molecule has 1 atom stereocenters. The molecule has 1 N–H and O–H groups in total. The summed E-state index contributed by atoms with van der Waals surface area (Å²) in [4.78, 5) is 11.8. The van der Waals surface area contributed by atoms with Gasteiger partial charge in [0.15, 0.2) is 0 Å². The fourth-order valence-corrected chi connectivity index (χ4v) is 3.69. The van der Waals surface area contributed by atoms with Crippen LogP contribution >= 0.6 is 0 Å². The van der Waals surface area contributed by atoms with E-state index in [1.54, 1.807) is 6.20 Å². The molecule has 0 amide bonds. The molecular weight excluding hydrogens is 336 g/mol. The second kappa shape index (κ2) is 7.88. The third-order valence-corrected chi connectivity index (χ3v) is 5.13. The average molecular weight is 362 g/mol. The van der Waals surface area contributed by atoms with Crippen molar-refractivity contribution in [2.45, 2.75) is 45.8 Å². The summed E-state index contributed by atoms with van der Waals surface area (Å²) in [7, 11) is 0. The average Bonchev–Trinajstić information content (AvgIpc) is 3.33. The van der Waals surface area contributed by atoms with Gasteiger partial charge in [0.05, 0.1) is 17.9 Å². The summed E-state index contributed by atoms with van der Waals surface area (Å²) >= 11 is 0. The quantitative estimate of drug-likeness (QED) is 0.716. The largest absolute Gasteiger partial charge is 0.325 e. The van der Waals surface area contributed by atoms with Gasteiger partial charge in [0.1, 0.15) is 11.6 Å². The van der Waals surface area contributed by atoms with E-state index < -0.39 is 0 Å². The molecule has 1 aliphatic heterocycles. The van der Waals surface area contributed by atoms with Crippen LogP contribution in [0.15, 0.2) is 48.9 Å². The maximum atomic E-state index is 4.89. The molecule has 3 aromatic heterocycles. The Hall–Kier alpha value is -2.73. The third kappa shape index (κ3) is 4.01. The molecule has 27 heavy (non-hydrogen) atoms. The van der Waals surface area contributed by atoms with Crippen LogP contribution in [0.3, 0.4) is 0 Å². The van der Waals surface area contributed by atoms with Gasteiger partial charge in [0.25, 0.3) is 0 Å². The zero-order valence-electron chi connectivity index (χ0n) is 16.0. The predicted molar refractivity (Wildman–Crippen MR) is 107 cm³/mol. The number of nitrogens with zero attached hydrogens (tertiary/aromatic N) is 5. The highest BCUT2D eigenvalue weighted by molar-refractivity contribution is 5.55. The Kier molecular flexibility index (Phi) is 5.16. The number of hydrogen-bond acceptors (Lipinski definition) is 5. The van der Waals surface area contributed by atoms with Crippen molar-refractivity contribution in [1.82, 2.24) is 24.6 Å². The molecule has 1 fully saturated rings. The summed E-state index contributed by atoms with van der Waals surface area (Å²) in [6, 6.07) is 10.6. The van der Waals surface area contributed by atoms with E-state index in [4.69, 9.17) is 4.98 Å². The van der Waals surface area contributed by atoms with Crippen LogP contribution in [-0.2, 0) is 13.1 Å². The van der Waals surface area contributed by atoms with Gasteiger partial charge < -0.3 is 5.32 Å². The first-order valence-electron chi connectivity index (χ1n) is 9.64. The topological polar surface area (TPSA) is 58.9 Å². The van der Waals surface area contributed by atoms with E-state index in [-0.39, 0.29) is 0 Å². The highest BCUT2D eigenvalue weighted by atomic mass is 15.3. The van der Waals surface area contributed by atoms with Gasteiger partial charge in [-0.05, 0) is 57.0 Å². The Balaban J connectivity index is 1.51. The summed E-state index contributed by atoms with van der Waals surface area (Å²) in [5.41, 5.74) is 3.50. The summed E-state index contributed by atoms with van der Waals surface area (Å²) < 4.78 is 1.98. The lowest BCUT2D eigenvalue weighted by Crippen LogP contribution is -2.23. The van der Waals surface area contributed by atoms with Crippen LogP contribution in [0.25, 0.3) is 0 Å². The van der Waals surface area contributed by atoms with Gasteiger partial charge in [0, 0.05) is 31.0 Å². The van der Waals surface area contributed by atoms with Crippen molar-refractivity contribution >= 4 is 11.6 Å². The second-order valence-electron chi connectivity index (χ2n) is 7.07. The first-order chi connectivity index (χ1) is 13.2. The van der Waals surface area contributed by atoms with Gasteiger partial charge in [-0.2, -0.15) is 5.10 Å². The number of anilines is 2. The number of hydrogen-bond donors (Lipinski definition) is 1. The standard InChI is InChI=1S/C21H26N6/c1-3-27-15-17(13-23-27)14-26-12-6-9-19(26)18-8-4-10-20(24-18)25-21-16(2)7-5-11-22-21/h4-5,7-8,10-11,13,15,19H,3,6,9,12,14H2,1-2H3,(H,22,24,25)/t19-/m1/s1. The van der Waals surface area contributed by atoms with E-state index in [2.05, 4.69) is 45.6 Å². The Labute approximate surface area is 160 Å². The van der Waals surface area contributed by atoms with Crippen LogP contribution in [0.2, 0.25) is 0 Å². The Morgan fingerprint density at radius 3 is 2.96 bits per heavy atom. The van der Waals surface area contributed by atoms with Gasteiger partial charge in [-0.3, -0.25) is 9.58 Å². The molecule has 0 saturated carbocycles. The number of aromatic nitrogens is 4. The molecule has 1 aliphatic rings. The normalized spacial score (nSPS) is 17.3. The molecule has 6 heteroatoms. The minimum absolute atomic E-state index is 0.349. The molecule has 4 heterocycles. The van der Waals surface area contributed by atoms with Gasteiger partial charge in [0.2, 0.25) is 0 Å². The third-order valence-electron chi connectivity index (χ3n) is 5.13. The van der Waals surface area contributed by atoms with Crippen LogP contribution in [0.4, 0.5) is 11.6 Å². The van der Waals surface area contributed by atoms with E-state index in [0.717, 1.165) is 48.9 Å². The van der Waals surface area contributed by atoms with Crippen molar-refractivity contribution in [1.29, 1.82) is 0 Å². The van der Waals surface area contributed by atoms with Crippen molar-refractivity contribution in [2.75, 3.05) is 11.9 Å². The van der Waals surface area contributed by atoms with Crippen LogP contribution in [0.5, 0.6) is 0 Å². The van der Waals surface area contributed by atoms with Gasteiger partial charge in [-0.15, -0.1) is 0 Å². The molecule has 0 aromatic carbocycles. The van der Waals surface area contributed by atoms with Crippen LogP contribution in [0, 0.1) is 6.92 Å². The zero-order valence-corrected chi connectivity index (χ0v) is 16.0. The van der Waals surface area contributed by atoms with Crippen molar-refractivity contribution in [3.63, 3.8) is 0 Å². The van der Waals surface area contributed by atoms with E-state index in [1.165, 1.54) is 12.0 Å². The van der Waals surface area contributed by atoms with Crippen LogP contribution < -0.4 is 5.32 Å². The number of nitrogens with one attached hydrogen (secondary N) is 1. The molecular formula is C21H26N6. The maximum absolute atomic E-state index is 4.89. The molecule has 140 valence electrons. The highest BCUT2D eigenvalue weighted by Gasteiger charge is 2.27. The summed E-state index contributed by atoms with van der Waals surface area (Å²) in [6.45, 7) is 7.09. The zero-order chi connectivity index (χ0) is 18.6. The molecule has 0 aliphatic carbocycles. The lowest BCUT2D eigenvalue weighted by molar-refractivity contribution is 0.244. The van der Waals surface area contributed by atoms with E-state index in [1.807, 2.05) is 36.0 Å². The van der Waals surface area contributed by atoms with Crippen LogP contribution in [-0.4, -0.2) is 31.2 Å². The fraction of sp³-hybridized carbons (Fsp3) is 0.381. The van der Waals surface area contributed by atoms with Crippen molar-refractivity contribution < 1.29 is 0 Å². The van der Waals surface area contributed by atoms with Gasteiger partial charge in [-0.1, -0.05) is 12.1 Å². The lowest BCUT2D eigenvalue weighted by atomic mass is 10.1. The molecule has 0 unspecified atom stereocenters. The first-order valence-corrected chi connectivity index (χ1v) is 9.64. The monoisotopic (exact) mass is 362 g/mol. The number of pyridine rings is 2. The molecule has 0 radical (unpaired) electrons. The number of aryl methyl sites for hydroxylation is 2. The first kappa shape index (κ1) is 17.7. The maximum Gasteiger partial charge on any atom is 0.134 e. The summed E-state index contributed by atoms with van der Waals surface area (Å²) in [5.74, 6) is 1.71. The Morgan fingerprint density at radius 1 is 1.22 bits per heavy atom. The molecule has 4 rings (SSSR count). The minimum atomic E-state index is 0.349. The van der Waals surface area contributed by atoms with E-state index in [0.29, 0.717) is 6.04 Å². The molecule has 1 saturated heterocycles. The molecule has 3 aromatic rings. The van der Waals surface area contributed by atoms with E-state index in [9.17, 15) is 0 Å². The van der Waals surface area contributed by atoms with Crippen molar-refractivity contribution in [2.24, 2.45) is 0 Å². The smallest absolute Gasteiger partial charge is 0.134 e. The van der Waals surface area contributed by atoms with Crippen LogP contribution in [0.1, 0.15) is 42.6 Å². The SMILES string of the molecule is CCn1cc(CN2CCC[C@@H]2c2cccc(Nc3ncccc3C)n2)cn1. The van der Waals surface area contributed by atoms with Crippen molar-refractivity contribution in [3.8, 4) is 0 Å². The Bertz CT molecular complexity index is 903. The van der Waals surface area contributed by atoms with Gasteiger partial charge >= 0.3 is 0 Å². The summed E-state index contributed by atoms with van der Waals surface area (Å²) in [5, 5.41) is 7.76. The van der Waals surface area contributed by atoms with Crippen molar-refractivity contribution in [3.05, 3.63) is 65.7 Å². The Morgan fingerprint density at radius 2 is 2.15 bits per heavy atom. The number of rotatable bonds is 6. The molecule has 0 bridgehead atoms. The second-order valence-corrected chi connectivity index (χ2v) is 7.07. The van der Waals surface area contributed by atoms with Gasteiger partial charge in [-0.25, -0.2) is 9.97 Å².